The van der Waals surface area contributed by atoms with Gasteiger partial charge in [0.15, 0.2) is 11.5 Å². The maximum absolute atomic E-state index is 5.30. The molecule has 0 aliphatic carbocycles. The van der Waals surface area contributed by atoms with Gasteiger partial charge in [0, 0.05) is 19.1 Å². The predicted octanol–water partition coefficient (Wildman–Crippen LogP) is 1.50. The molecule has 0 saturated carbocycles. The molecule has 1 aliphatic heterocycles. The Labute approximate surface area is 109 Å². The maximum atomic E-state index is 5.30. The Morgan fingerprint density at radius 2 is 2.06 bits per heavy atom. The van der Waals surface area contributed by atoms with E-state index in [0.717, 1.165) is 24.6 Å². The molecule has 0 amide bonds. The van der Waals surface area contributed by atoms with Crippen molar-refractivity contribution in [3.8, 4) is 11.5 Å². The lowest BCUT2D eigenvalue weighted by Crippen LogP contribution is -2.30. The highest BCUT2D eigenvalue weighted by molar-refractivity contribution is 5.42. The Balaban J connectivity index is 1.93. The van der Waals surface area contributed by atoms with Crippen LogP contribution < -0.4 is 14.8 Å². The minimum Gasteiger partial charge on any atom is -0.493 e. The Morgan fingerprint density at radius 1 is 1.28 bits per heavy atom. The maximum Gasteiger partial charge on any atom is 0.161 e. The number of benzene rings is 1. The quantitative estimate of drug-likeness (QED) is 0.858. The van der Waals surface area contributed by atoms with Gasteiger partial charge in [-0.05, 0) is 37.7 Å². The Bertz CT molecular complexity index is 395. The lowest BCUT2D eigenvalue weighted by Gasteiger charge is -2.14. The SMILES string of the molecule is COc1ccc(CNC2CCN(C)C2)cc1OC. The van der Waals surface area contributed by atoms with E-state index in [-0.39, 0.29) is 0 Å². The van der Waals surface area contributed by atoms with Crippen molar-refractivity contribution in [2.45, 2.75) is 19.0 Å². The molecule has 0 bridgehead atoms. The highest BCUT2D eigenvalue weighted by Gasteiger charge is 2.18. The van der Waals surface area contributed by atoms with E-state index in [9.17, 15) is 0 Å². The van der Waals surface area contributed by atoms with Gasteiger partial charge >= 0.3 is 0 Å². The fourth-order valence-electron chi connectivity index (χ4n) is 2.35. The zero-order valence-corrected chi connectivity index (χ0v) is 11.4. The summed E-state index contributed by atoms with van der Waals surface area (Å²) in [6.07, 6.45) is 1.23. The highest BCUT2D eigenvalue weighted by atomic mass is 16.5. The summed E-state index contributed by atoms with van der Waals surface area (Å²) in [4.78, 5) is 2.35. The first kappa shape index (κ1) is 13.2. The Hall–Kier alpha value is -1.26. The minimum absolute atomic E-state index is 0.600. The van der Waals surface area contributed by atoms with Crippen LogP contribution in [0.4, 0.5) is 0 Å². The number of ether oxygens (including phenoxy) is 2. The molecule has 1 atom stereocenters. The van der Waals surface area contributed by atoms with E-state index in [4.69, 9.17) is 9.47 Å². The van der Waals surface area contributed by atoms with Gasteiger partial charge in [-0.25, -0.2) is 0 Å². The molecule has 4 heteroatoms. The lowest BCUT2D eigenvalue weighted by molar-refractivity contribution is 0.354. The molecule has 1 fully saturated rings. The molecule has 1 unspecified atom stereocenters. The summed E-state index contributed by atoms with van der Waals surface area (Å²) >= 11 is 0. The normalized spacial score (nSPS) is 20.1. The van der Waals surface area contributed by atoms with E-state index < -0.39 is 0 Å². The van der Waals surface area contributed by atoms with E-state index in [1.54, 1.807) is 14.2 Å². The molecule has 2 rings (SSSR count). The monoisotopic (exact) mass is 250 g/mol. The Morgan fingerprint density at radius 3 is 2.67 bits per heavy atom. The summed E-state index contributed by atoms with van der Waals surface area (Å²) in [5, 5.41) is 3.58. The van der Waals surface area contributed by atoms with Gasteiger partial charge in [0.1, 0.15) is 0 Å². The summed E-state index contributed by atoms with van der Waals surface area (Å²) in [6.45, 7) is 3.19. The van der Waals surface area contributed by atoms with Crippen LogP contribution in [0.3, 0.4) is 0 Å². The molecular weight excluding hydrogens is 228 g/mol. The van der Waals surface area contributed by atoms with E-state index in [1.807, 2.05) is 12.1 Å². The summed E-state index contributed by atoms with van der Waals surface area (Å²) in [6, 6.07) is 6.66. The van der Waals surface area contributed by atoms with Gasteiger partial charge in [-0.15, -0.1) is 0 Å². The van der Waals surface area contributed by atoms with E-state index in [0.29, 0.717) is 6.04 Å². The molecule has 0 spiro atoms. The standard InChI is InChI=1S/C14H22N2O2/c1-16-7-6-12(10-16)15-9-11-4-5-13(17-2)14(8-11)18-3/h4-5,8,12,15H,6-7,9-10H2,1-3H3. The number of nitrogens with one attached hydrogen (secondary N) is 1. The smallest absolute Gasteiger partial charge is 0.161 e. The van der Waals surface area contributed by atoms with E-state index in [1.165, 1.54) is 18.5 Å². The van der Waals surface area contributed by atoms with Crippen LogP contribution in [0.1, 0.15) is 12.0 Å². The first-order valence-corrected chi connectivity index (χ1v) is 6.35. The number of hydrogen-bond donors (Lipinski definition) is 1. The number of methoxy groups -OCH3 is 2. The summed E-state index contributed by atoms with van der Waals surface area (Å²) in [5.74, 6) is 1.57. The molecule has 1 aromatic carbocycles. The molecule has 1 saturated heterocycles. The van der Waals surface area contributed by atoms with Crippen LogP contribution in [0.15, 0.2) is 18.2 Å². The molecule has 18 heavy (non-hydrogen) atoms. The molecule has 1 N–H and O–H groups in total. The molecule has 0 radical (unpaired) electrons. The average Bonchev–Trinajstić information content (AvgIpc) is 2.81. The van der Waals surface area contributed by atoms with Crippen LogP contribution in [0.2, 0.25) is 0 Å². The van der Waals surface area contributed by atoms with Gasteiger partial charge in [0.2, 0.25) is 0 Å². The van der Waals surface area contributed by atoms with Gasteiger partial charge in [-0.1, -0.05) is 6.07 Å². The van der Waals surface area contributed by atoms with Gasteiger partial charge in [0.25, 0.3) is 0 Å². The van der Waals surface area contributed by atoms with Gasteiger partial charge in [0.05, 0.1) is 14.2 Å². The van der Waals surface area contributed by atoms with Crippen molar-refractivity contribution in [3.63, 3.8) is 0 Å². The van der Waals surface area contributed by atoms with Crippen molar-refractivity contribution in [2.24, 2.45) is 0 Å². The number of hydrogen-bond acceptors (Lipinski definition) is 4. The third-order valence-electron chi connectivity index (χ3n) is 3.43. The summed E-state index contributed by atoms with van der Waals surface area (Å²) in [7, 11) is 5.49. The molecule has 4 nitrogen and oxygen atoms in total. The molecule has 1 heterocycles. The van der Waals surface area contributed by atoms with Crippen LogP contribution in [-0.2, 0) is 6.54 Å². The van der Waals surface area contributed by atoms with E-state index in [2.05, 4.69) is 23.3 Å². The number of likely N-dealkylation sites (tertiary alicyclic amines) is 1. The number of rotatable bonds is 5. The van der Waals surface area contributed by atoms with Crippen LogP contribution in [0, 0.1) is 0 Å². The lowest BCUT2D eigenvalue weighted by atomic mass is 10.2. The van der Waals surface area contributed by atoms with Crippen molar-refractivity contribution in [2.75, 3.05) is 34.4 Å². The minimum atomic E-state index is 0.600. The number of likely N-dealkylation sites (N-methyl/N-ethyl adjacent to an activating group) is 1. The first-order valence-electron chi connectivity index (χ1n) is 6.35. The van der Waals surface area contributed by atoms with E-state index >= 15 is 0 Å². The average molecular weight is 250 g/mol. The fraction of sp³-hybridized carbons (Fsp3) is 0.571. The molecule has 0 aromatic heterocycles. The molecular formula is C14H22N2O2. The van der Waals surface area contributed by atoms with Crippen LogP contribution >= 0.6 is 0 Å². The summed E-state index contributed by atoms with van der Waals surface area (Å²) in [5.41, 5.74) is 1.22. The second-order valence-electron chi connectivity index (χ2n) is 4.82. The zero-order valence-electron chi connectivity index (χ0n) is 11.4. The predicted molar refractivity (Wildman–Crippen MR) is 72.3 cm³/mol. The van der Waals surface area contributed by atoms with Gasteiger partial charge in [-0.3, -0.25) is 0 Å². The topological polar surface area (TPSA) is 33.7 Å². The van der Waals surface area contributed by atoms with Crippen molar-refractivity contribution < 1.29 is 9.47 Å². The van der Waals surface area contributed by atoms with Crippen LogP contribution in [0.5, 0.6) is 11.5 Å². The number of nitrogens with zero attached hydrogens (tertiary/aromatic N) is 1. The Kier molecular flexibility index (Phi) is 4.44. The van der Waals surface area contributed by atoms with Crippen molar-refractivity contribution in [3.05, 3.63) is 23.8 Å². The second-order valence-corrected chi connectivity index (χ2v) is 4.82. The molecule has 1 aliphatic rings. The van der Waals surface area contributed by atoms with Crippen molar-refractivity contribution in [1.29, 1.82) is 0 Å². The van der Waals surface area contributed by atoms with Crippen molar-refractivity contribution in [1.82, 2.24) is 10.2 Å². The van der Waals surface area contributed by atoms with Crippen LogP contribution in [0.25, 0.3) is 0 Å². The fourth-order valence-corrected chi connectivity index (χ4v) is 2.35. The third kappa shape index (κ3) is 3.15. The summed E-state index contributed by atoms with van der Waals surface area (Å²) < 4.78 is 10.5. The molecule has 1 aromatic rings. The largest absolute Gasteiger partial charge is 0.493 e. The zero-order chi connectivity index (χ0) is 13.0. The van der Waals surface area contributed by atoms with Gasteiger partial charge in [-0.2, -0.15) is 0 Å². The third-order valence-corrected chi connectivity index (χ3v) is 3.43. The van der Waals surface area contributed by atoms with Gasteiger partial charge < -0.3 is 19.7 Å². The van der Waals surface area contributed by atoms with Crippen molar-refractivity contribution >= 4 is 0 Å². The first-order chi connectivity index (χ1) is 8.72. The van der Waals surface area contributed by atoms with Crippen LogP contribution in [-0.4, -0.2) is 45.3 Å². The molecule has 100 valence electrons. The second kappa shape index (κ2) is 6.07. The highest BCUT2D eigenvalue weighted by Crippen LogP contribution is 2.27.